The Bertz CT molecular complexity index is 1770. The molecule has 3 aromatic carbocycles. The molecule has 0 aliphatic carbocycles. The van der Waals surface area contributed by atoms with Gasteiger partial charge in [0.2, 0.25) is 0 Å². The molecule has 0 spiro atoms. The molecule has 0 aliphatic heterocycles. The standard InChI is InChI=1S/C27H21N5O3S/c1-16-2-9-23-25(10-16)36-27(29-23)17-3-5-19(6-4-17)28-13-20-15-32(31-30-20)14-18-11-26(34)35-24-12-21(33)7-8-22(18)24/h2-12,15,28,33H,13-14H2,1H3. The lowest BCUT2D eigenvalue weighted by Crippen LogP contribution is -2.06. The van der Waals surface area contributed by atoms with Crippen molar-refractivity contribution in [1.82, 2.24) is 20.0 Å². The summed E-state index contributed by atoms with van der Waals surface area (Å²) in [6, 6.07) is 20.7. The van der Waals surface area contributed by atoms with Crippen molar-refractivity contribution >= 4 is 38.2 Å². The number of aromatic hydroxyl groups is 1. The number of hydrogen-bond acceptors (Lipinski definition) is 8. The molecule has 0 aliphatic rings. The smallest absolute Gasteiger partial charge is 0.336 e. The number of phenols is 1. The summed E-state index contributed by atoms with van der Waals surface area (Å²) in [4.78, 5) is 16.7. The molecule has 178 valence electrons. The van der Waals surface area contributed by atoms with Gasteiger partial charge in [-0.05, 0) is 66.6 Å². The lowest BCUT2D eigenvalue weighted by atomic mass is 10.1. The number of thiazole rings is 1. The molecular formula is C27H21N5O3S. The van der Waals surface area contributed by atoms with Crippen molar-refractivity contribution < 1.29 is 9.52 Å². The molecule has 9 heteroatoms. The third-order valence-corrected chi connectivity index (χ3v) is 6.95. The van der Waals surface area contributed by atoms with E-state index in [0.717, 1.165) is 38.4 Å². The maximum atomic E-state index is 11.9. The van der Waals surface area contributed by atoms with E-state index < -0.39 is 5.63 Å². The summed E-state index contributed by atoms with van der Waals surface area (Å²) in [6.45, 7) is 2.95. The van der Waals surface area contributed by atoms with Crippen LogP contribution in [0.5, 0.6) is 5.75 Å². The van der Waals surface area contributed by atoms with Crippen LogP contribution in [0.15, 0.2) is 82.1 Å². The Morgan fingerprint density at radius 1 is 1.06 bits per heavy atom. The molecule has 0 unspecified atom stereocenters. The van der Waals surface area contributed by atoms with Crippen LogP contribution in [0.1, 0.15) is 16.8 Å². The Morgan fingerprint density at radius 3 is 2.78 bits per heavy atom. The van der Waals surface area contributed by atoms with E-state index in [-0.39, 0.29) is 5.75 Å². The van der Waals surface area contributed by atoms with Crippen LogP contribution < -0.4 is 10.9 Å². The summed E-state index contributed by atoms with van der Waals surface area (Å²) in [6.07, 6.45) is 1.84. The van der Waals surface area contributed by atoms with Crippen LogP contribution in [0.2, 0.25) is 0 Å². The molecule has 6 aromatic rings. The second-order valence-corrected chi connectivity index (χ2v) is 9.63. The number of hydrogen-bond donors (Lipinski definition) is 2. The minimum absolute atomic E-state index is 0.0418. The van der Waals surface area contributed by atoms with E-state index in [1.807, 2.05) is 18.3 Å². The number of nitrogens with one attached hydrogen (secondary N) is 1. The van der Waals surface area contributed by atoms with Crippen molar-refractivity contribution in [2.45, 2.75) is 20.0 Å². The van der Waals surface area contributed by atoms with Crippen LogP contribution in [0.4, 0.5) is 5.69 Å². The average molecular weight is 496 g/mol. The van der Waals surface area contributed by atoms with E-state index >= 15 is 0 Å². The number of aryl methyl sites for hydroxylation is 1. The number of phenolic OH excluding ortho intramolecular Hbond substituents is 1. The van der Waals surface area contributed by atoms with Gasteiger partial charge in [0.25, 0.3) is 0 Å². The Balaban J connectivity index is 1.13. The number of anilines is 1. The Labute approximate surface area is 209 Å². The third kappa shape index (κ3) is 4.44. The molecule has 0 saturated heterocycles. The molecule has 3 heterocycles. The fourth-order valence-electron chi connectivity index (χ4n) is 4.10. The third-order valence-electron chi connectivity index (χ3n) is 5.88. The highest BCUT2D eigenvalue weighted by Crippen LogP contribution is 2.31. The minimum Gasteiger partial charge on any atom is -0.508 e. The summed E-state index contributed by atoms with van der Waals surface area (Å²) in [5, 5.41) is 23.2. The summed E-state index contributed by atoms with van der Waals surface area (Å²) < 4.78 is 8.07. The van der Waals surface area contributed by atoms with Gasteiger partial charge in [-0.25, -0.2) is 14.5 Å². The van der Waals surface area contributed by atoms with Gasteiger partial charge in [-0.3, -0.25) is 0 Å². The van der Waals surface area contributed by atoms with Gasteiger partial charge in [0.15, 0.2) is 0 Å². The summed E-state index contributed by atoms with van der Waals surface area (Å²) in [5.74, 6) is 0.0418. The summed E-state index contributed by atoms with van der Waals surface area (Å²) >= 11 is 1.70. The highest BCUT2D eigenvalue weighted by molar-refractivity contribution is 7.21. The van der Waals surface area contributed by atoms with Crippen LogP contribution in [-0.2, 0) is 13.1 Å². The van der Waals surface area contributed by atoms with Crippen LogP contribution in [0.3, 0.4) is 0 Å². The monoisotopic (exact) mass is 495 g/mol. The van der Waals surface area contributed by atoms with Gasteiger partial charge in [-0.15, -0.1) is 16.4 Å². The predicted molar refractivity (Wildman–Crippen MR) is 140 cm³/mol. The first-order valence-corrected chi connectivity index (χ1v) is 12.2. The minimum atomic E-state index is -0.477. The summed E-state index contributed by atoms with van der Waals surface area (Å²) in [7, 11) is 0. The molecule has 0 bridgehead atoms. The van der Waals surface area contributed by atoms with Gasteiger partial charge in [0.05, 0.1) is 29.5 Å². The number of aromatic nitrogens is 4. The van der Waals surface area contributed by atoms with E-state index in [4.69, 9.17) is 9.40 Å². The van der Waals surface area contributed by atoms with Crippen molar-refractivity contribution in [1.29, 1.82) is 0 Å². The quantitative estimate of drug-likeness (QED) is 0.301. The van der Waals surface area contributed by atoms with Crippen LogP contribution in [0, 0.1) is 6.92 Å². The fourth-order valence-corrected chi connectivity index (χ4v) is 5.17. The Morgan fingerprint density at radius 2 is 1.92 bits per heavy atom. The molecule has 0 atom stereocenters. The van der Waals surface area contributed by atoms with E-state index in [1.165, 1.54) is 22.4 Å². The first kappa shape index (κ1) is 22.0. The Kier molecular flexibility index (Phi) is 5.46. The number of rotatable bonds is 6. The maximum Gasteiger partial charge on any atom is 0.336 e. The number of benzene rings is 3. The zero-order valence-electron chi connectivity index (χ0n) is 19.3. The molecule has 0 amide bonds. The summed E-state index contributed by atoms with van der Waals surface area (Å²) in [5.41, 5.74) is 5.68. The lowest BCUT2D eigenvalue weighted by Gasteiger charge is -2.06. The molecule has 3 aromatic heterocycles. The molecule has 0 saturated carbocycles. The number of fused-ring (bicyclic) bond motifs is 2. The van der Waals surface area contributed by atoms with Crippen LogP contribution >= 0.6 is 11.3 Å². The zero-order chi connectivity index (χ0) is 24.6. The van der Waals surface area contributed by atoms with Gasteiger partial charge in [0.1, 0.15) is 22.0 Å². The Hall–Kier alpha value is -4.50. The normalized spacial score (nSPS) is 11.4. The SMILES string of the molecule is Cc1ccc2nc(-c3ccc(NCc4cn(Cc5cc(=O)oc6cc(O)ccc56)nn4)cc3)sc2c1. The van der Waals surface area contributed by atoms with Crippen LogP contribution in [-0.4, -0.2) is 25.1 Å². The number of nitrogens with zero attached hydrogens (tertiary/aromatic N) is 4. The van der Waals surface area contributed by atoms with Crippen molar-refractivity contribution in [2.24, 2.45) is 0 Å². The van der Waals surface area contributed by atoms with E-state index in [0.29, 0.717) is 18.7 Å². The molecular weight excluding hydrogens is 474 g/mol. The highest BCUT2D eigenvalue weighted by Gasteiger charge is 2.10. The molecule has 36 heavy (non-hydrogen) atoms. The first-order chi connectivity index (χ1) is 17.5. The van der Waals surface area contributed by atoms with Gasteiger partial charge in [-0.2, -0.15) is 0 Å². The van der Waals surface area contributed by atoms with E-state index in [1.54, 1.807) is 28.2 Å². The molecule has 0 radical (unpaired) electrons. The first-order valence-electron chi connectivity index (χ1n) is 11.4. The topological polar surface area (TPSA) is 106 Å². The largest absolute Gasteiger partial charge is 0.508 e. The van der Waals surface area contributed by atoms with Gasteiger partial charge < -0.3 is 14.8 Å². The van der Waals surface area contributed by atoms with Gasteiger partial charge in [0, 0.05) is 28.8 Å². The highest BCUT2D eigenvalue weighted by atomic mass is 32.1. The second-order valence-electron chi connectivity index (χ2n) is 8.60. The second kappa shape index (κ2) is 8.94. The molecule has 2 N–H and O–H groups in total. The predicted octanol–water partition coefficient (Wildman–Crippen LogP) is 5.34. The zero-order valence-corrected chi connectivity index (χ0v) is 20.1. The van der Waals surface area contributed by atoms with Gasteiger partial charge >= 0.3 is 5.63 Å². The van der Waals surface area contributed by atoms with Crippen molar-refractivity contribution in [2.75, 3.05) is 5.32 Å². The van der Waals surface area contributed by atoms with E-state index in [9.17, 15) is 9.90 Å². The fraction of sp³-hybridized carbons (Fsp3) is 0.111. The molecule has 0 fully saturated rings. The van der Waals surface area contributed by atoms with Crippen LogP contribution in [0.25, 0.3) is 31.8 Å². The van der Waals surface area contributed by atoms with Gasteiger partial charge in [-0.1, -0.05) is 11.3 Å². The molecule has 6 rings (SSSR count). The van der Waals surface area contributed by atoms with Crippen molar-refractivity contribution in [3.63, 3.8) is 0 Å². The average Bonchev–Trinajstić information content (AvgIpc) is 3.49. The van der Waals surface area contributed by atoms with E-state index in [2.05, 4.69) is 52.9 Å². The van der Waals surface area contributed by atoms with Crippen molar-refractivity contribution in [3.05, 3.63) is 100 Å². The maximum absolute atomic E-state index is 11.9. The molecule has 8 nitrogen and oxygen atoms in total. The van der Waals surface area contributed by atoms with Crippen molar-refractivity contribution in [3.8, 4) is 16.3 Å². The lowest BCUT2D eigenvalue weighted by molar-refractivity contribution is 0.473.